The van der Waals surface area contributed by atoms with Gasteiger partial charge in [0.05, 0.1) is 17.1 Å². The van der Waals surface area contributed by atoms with Gasteiger partial charge >= 0.3 is 0 Å². The summed E-state index contributed by atoms with van der Waals surface area (Å²) in [5.41, 5.74) is 2.73. The summed E-state index contributed by atoms with van der Waals surface area (Å²) in [5.74, 6) is -0.792. The van der Waals surface area contributed by atoms with Crippen LogP contribution in [0.1, 0.15) is 74.5 Å². The quantitative estimate of drug-likeness (QED) is 0.591. The zero-order valence-corrected chi connectivity index (χ0v) is 21.0. The number of hydrogen-bond donors (Lipinski definition) is 2. The molecule has 3 heterocycles. The third kappa shape index (κ3) is 4.62. The summed E-state index contributed by atoms with van der Waals surface area (Å²) < 4.78 is 17.2. The molecule has 1 unspecified atom stereocenters. The van der Waals surface area contributed by atoms with Crippen LogP contribution in [0.25, 0.3) is 10.9 Å². The molecule has 1 aromatic carbocycles. The normalized spacial score (nSPS) is 22.3. The molecule has 190 valence electrons. The summed E-state index contributed by atoms with van der Waals surface area (Å²) in [6.45, 7) is 4.38. The molecule has 1 saturated carbocycles. The predicted octanol–water partition coefficient (Wildman–Crippen LogP) is 3.23. The van der Waals surface area contributed by atoms with Gasteiger partial charge in [-0.3, -0.25) is 9.48 Å². The molecular weight excluding hydrogens is 445 g/mol. The highest BCUT2D eigenvalue weighted by molar-refractivity contribution is 5.91. The third-order valence-electron chi connectivity index (χ3n) is 8.95. The number of hydrogen-bond acceptors (Lipinski definition) is 5. The second-order valence-electron chi connectivity index (χ2n) is 10.9. The van der Waals surface area contributed by atoms with Gasteiger partial charge in [0, 0.05) is 31.9 Å². The first-order chi connectivity index (χ1) is 16.9. The zero-order valence-electron chi connectivity index (χ0n) is 21.0. The molecule has 2 N–H and O–H groups in total. The summed E-state index contributed by atoms with van der Waals surface area (Å²) in [4.78, 5) is 26.1. The molecule has 0 radical (unpaired) electrons. The number of carbonyl (C=O) groups is 2. The Bertz CT molecular complexity index is 1080. The Balaban J connectivity index is 1.30. The van der Waals surface area contributed by atoms with Crippen molar-refractivity contribution in [1.82, 2.24) is 25.3 Å². The molecule has 5 rings (SSSR count). The molecule has 35 heavy (non-hydrogen) atoms. The minimum absolute atomic E-state index is 0.201. The Hall–Kier alpha value is -2.32. The van der Waals surface area contributed by atoms with E-state index in [9.17, 15) is 9.59 Å². The molecule has 8 heteroatoms. The maximum Gasteiger partial charge on any atom is 0.228 e. The monoisotopic (exact) mass is 483 g/mol. The van der Waals surface area contributed by atoms with Gasteiger partial charge in [-0.15, -0.1) is 0 Å². The first-order valence-electron chi connectivity index (χ1n) is 13.2. The van der Waals surface area contributed by atoms with E-state index in [0.717, 1.165) is 56.4 Å². The van der Waals surface area contributed by atoms with Gasteiger partial charge in [-0.1, -0.05) is 0 Å². The summed E-state index contributed by atoms with van der Waals surface area (Å²) in [6, 6.07) is 4.20. The van der Waals surface area contributed by atoms with Crippen LogP contribution in [0.3, 0.4) is 0 Å². The second kappa shape index (κ2) is 9.97. The van der Waals surface area contributed by atoms with Crippen LogP contribution in [-0.2, 0) is 16.6 Å². The molecule has 1 aromatic heterocycles. The fourth-order valence-electron chi connectivity index (χ4n) is 6.83. The maximum atomic E-state index is 15.5. The first kappa shape index (κ1) is 24.4. The van der Waals surface area contributed by atoms with Crippen molar-refractivity contribution in [2.24, 2.45) is 12.5 Å². The van der Waals surface area contributed by atoms with Gasteiger partial charge in [0.25, 0.3) is 0 Å². The van der Waals surface area contributed by atoms with Crippen LogP contribution in [0.4, 0.5) is 4.39 Å². The van der Waals surface area contributed by atoms with Gasteiger partial charge < -0.3 is 20.3 Å². The second-order valence-corrected chi connectivity index (χ2v) is 10.9. The number of carbonyl (C=O) groups excluding carboxylic acids is 2. The van der Waals surface area contributed by atoms with Crippen LogP contribution in [-0.4, -0.2) is 66.1 Å². The number of rotatable bonds is 7. The van der Waals surface area contributed by atoms with Gasteiger partial charge in [0.15, 0.2) is 0 Å². The molecule has 0 bridgehead atoms. The number of benzene rings is 1. The van der Waals surface area contributed by atoms with Crippen LogP contribution in [0.5, 0.6) is 0 Å². The number of likely N-dealkylation sites (N-methyl/N-ethyl adjacent to an activating group) is 1. The highest BCUT2D eigenvalue weighted by Gasteiger charge is 2.47. The standard InChI is InChI=1S/C27H38FN5O2/c1-29-26(35)20(4-3-13-34)25-22-14-23(28)21(15-24(22)32(2)31-25)18-5-11-33(12-6-18)19-16-27(17-19)7-9-30-10-8-27/h13-15,18-20,30H,3-12,16-17H2,1-2H3,(H,29,35). The lowest BCUT2D eigenvalue weighted by atomic mass is 9.60. The molecule has 1 atom stereocenters. The summed E-state index contributed by atoms with van der Waals surface area (Å²) in [7, 11) is 3.41. The fraction of sp³-hybridized carbons (Fsp3) is 0.667. The molecule has 2 aliphatic heterocycles. The van der Waals surface area contributed by atoms with Crippen molar-refractivity contribution in [3.8, 4) is 0 Å². The van der Waals surface area contributed by atoms with E-state index in [1.54, 1.807) is 17.8 Å². The highest BCUT2D eigenvalue weighted by Crippen LogP contribution is 2.50. The lowest BCUT2D eigenvalue weighted by Gasteiger charge is -2.55. The van der Waals surface area contributed by atoms with E-state index in [0.29, 0.717) is 29.0 Å². The first-order valence-corrected chi connectivity index (χ1v) is 13.2. The van der Waals surface area contributed by atoms with E-state index < -0.39 is 5.92 Å². The number of fused-ring (bicyclic) bond motifs is 1. The zero-order chi connectivity index (χ0) is 24.6. The predicted molar refractivity (Wildman–Crippen MR) is 134 cm³/mol. The number of nitrogens with one attached hydrogen (secondary N) is 2. The molecular formula is C27H38FN5O2. The van der Waals surface area contributed by atoms with Crippen molar-refractivity contribution < 1.29 is 14.0 Å². The Kier molecular flexibility index (Phi) is 6.95. The molecule has 2 aromatic rings. The number of nitrogens with zero attached hydrogens (tertiary/aromatic N) is 3. The number of amides is 1. The highest BCUT2D eigenvalue weighted by atomic mass is 19.1. The Morgan fingerprint density at radius 1 is 1.29 bits per heavy atom. The van der Waals surface area contributed by atoms with E-state index >= 15 is 4.39 Å². The average molecular weight is 484 g/mol. The molecule has 1 spiro atoms. The maximum absolute atomic E-state index is 15.5. The van der Waals surface area contributed by atoms with Crippen molar-refractivity contribution in [3.05, 3.63) is 29.2 Å². The lowest BCUT2D eigenvalue weighted by molar-refractivity contribution is -0.122. The molecule has 3 aliphatic rings. The van der Waals surface area contributed by atoms with Gasteiger partial charge in [0.2, 0.25) is 5.91 Å². The number of aryl methyl sites for hydroxylation is 1. The minimum atomic E-state index is -0.576. The van der Waals surface area contributed by atoms with Crippen LogP contribution in [0.2, 0.25) is 0 Å². The van der Waals surface area contributed by atoms with Crippen molar-refractivity contribution in [1.29, 1.82) is 0 Å². The summed E-state index contributed by atoms with van der Waals surface area (Å²) in [5, 5.41) is 11.4. The van der Waals surface area contributed by atoms with Crippen LogP contribution >= 0.6 is 0 Å². The van der Waals surface area contributed by atoms with Crippen LogP contribution in [0, 0.1) is 11.2 Å². The summed E-state index contributed by atoms with van der Waals surface area (Å²) in [6.07, 6.45) is 8.65. The topological polar surface area (TPSA) is 79.3 Å². The van der Waals surface area contributed by atoms with Crippen molar-refractivity contribution in [3.63, 3.8) is 0 Å². The smallest absolute Gasteiger partial charge is 0.228 e. The molecule has 1 aliphatic carbocycles. The van der Waals surface area contributed by atoms with E-state index in [1.165, 1.54) is 25.7 Å². The average Bonchev–Trinajstić information content (AvgIpc) is 3.17. The van der Waals surface area contributed by atoms with Gasteiger partial charge in [-0.2, -0.15) is 5.10 Å². The lowest BCUT2D eigenvalue weighted by Crippen LogP contribution is -2.55. The van der Waals surface area contributed by atoms with Crippen molar-refractivity contribution in [2.45, 2.75) is 69.2 Å². The number of likely N-dealkylation sites (tertiary alicyclic amines) is 1. The van der Waals surface area contributed by atoms with Crippen LogP contribution < -0.4 is 10.6 Å². The van der Waals surface area contributed by atoms with E-state index in [-0.39, 0.29) is 24.1 Å². The van der Waals surface area contributed by atoms with E-state index in [1.807, 2.05) is 13.1 Å². The molecule has 1 amide bonds. The van der Waals surface area contributed by atoms with Crippen molar-refractivity contribution in [2.75, 3.05) is 33.2 Å². The van der Waals surface area contributed by atoms with E-state index in [4.69, 9.17) is 0 Å². The minimum Gasteiger partial charge on any atom is -0.359 e. The van der Waals surface area contributed by atoms with Gasteiger partial charge in [-0.25, -0.2) is 4.39 Å². The molecule has 7 nitrogen and oxygen atoms in total. The Morgan fingerprint density at radius 3 is 2.66 bits per heavy atom. The largest absolute Gasteiger partial charge is 0.359 e. The van der Waals surface area contributed by atoms with Crippen molar-refractivity contribution >= 4 is 23.1 Å². The number of halogens is 1. The van der Waals surface area contributed by atoms with Crippen LogP contribution in [0.15, 0.2) is 12.1 Å². The Labute approximate surface area is 206 Å². The molecule has 3 fully saturated rings. The molecule has 2 saturated heterocycles. The summed E-state index contributed by atoms with van der Waals surface area (Å²) >= 11 is 0. The third-order valence-corrected chi connectivity index (χ3v) is 8.95. The Morgan fingerprint density at radius 2 is 2.00 bits per heavy atom. The van der Waals surface area contributed by atoms with Gasteiger partial charge in [-0.05, 0) is 100 Å². The SMILES string of the molecule is CNC(=O)C(CCC=O)c1nn(C)c2cc(C3CCN(C4CC5(CCNCC5)C4)CC3)c(F)cc12. The van der Waals surface area contributed by atoms with Gasteiger partial charge in [0.1, 0.15) is 12.1 Å². The number of aromatic nitrogens is 2. The number of piperidine rings is 2. The fourth-order valence-corrected chi connectivity index (χ4v) is 6.83. The van der Waals surface area contributed by atoms with E-state index in [2.05, 4.69) is 20.6 Å². The number of aldehydes is 1.